The minimum absolute atomic E-state index is 0.107. The van der Waals surface area contributed by atoms with Crippen LogP contribution in [0.2, 0.25) is 0 Å². The molecule has 0 aliphatic rings. The van der Waals surface area contributed by atoms with Crippen LogP contribution >= 0.6 is 11.3 Å². The molecule has 24 heavy (non-hydrogen) atoms. The molecule has 0 saturated carbocycles. The number of Topliss-reactive ketones (excluding diaryl/α,β-unsaturated/α-hetero) is 1. The summed E-state index contributed by atoms with van der Waals surface area (Å²) in [7, 11) is 0. The van der Waals surface area contributed by atoms with Gasteiger partial charge in [0.2, 0.25) is 0 Å². The van der Waals surface area contributed by atoms with Crippen molar-refractivity contribution in [1.82, 2.24) is 15.0 Å². The molecule has 0 atom stereocenters. The highest BCUT2D eigenvalue weighted by molar-refractivity contribution is 7.21. The van der Waals surface area contributed by atoms with E-state index >= 15 is 0 Å². The molecule has 2 aromatic carbocycles. The number of carbonyl (C=O) groups is 1. The van der Waals surface area contributed by atoms with Crippen molar-refractivity contribution in [3.05, 3.63) is 69.3 Å². The fourth-order valence-corrected chi connectivity index (χ4v) is 3.91. The summed E-state index contributed by atoms with van der Waals surface area (Å²) in [5, 5.41) is 9.45. The van der Waals surface area contributed by atoms with Gasteiger partial charge in [-0.1, -0.05) is 35.5 Å². The second-order valence-electron chi connectivity index (χ2n) is 5.54. The topological polar surface area (TPSA) is 64.8 Å². The van der Waals surface area contributed by atoms with E-state index in [-0.39, 0.29) is 17.9 Å². The average Bonchev–Trinajstić information content (AvgIpc) is 2.95. The lowest BCUT2D eigenvalue weighted by atomic mass is 10.1. The van der Waals surface area contributed by atoms with E-state index in [0.717, 1.165) is 20.3 Å². The number of hydrogen-bond acceptors (Lipinski definition) is 5. The van der Waals surface area contributed by atoms with Crippen molar-refractivity contribution in [2.45, 2.75) is 13.5 Å². The molecule has 0 fully saturated rings. The Bertz CT molecular complexity index is 1140. The smallest absolute Gasteiger partial charge is 0.278 e. The second-order valence-corrected chi connectivity index (χ2v) is 6.60. The van der Waals surface area contributed by atoms with Gasteiger partial charge in [-0.25, -0.2) is 4.68 Å². The van der Waals surface area contributed by atoms with Crippen molar-refractivity contribution in [3.8, 4) is 0 Å². The highest BCUT2D eigenvalue weighted by Gasteiger charge is 2.17. The molecular weight excluding hydrogens is 322 g/mol. The van der Waals surface area contributed by atoms with E-state index in [9.17, 15) is 9.59 Å². The van der Waals surface area contributed by atoms with Crippen LogP contribution in [0.4, 0.5) is 0 Å². The van der Waals surface area contributed by atoms with Crippen molar-refractivity contribution in [3.63, 3.8) is 0 Å². The molecule has 5 nitrogen and oxygen atoms in total. The number of fused-ring (bicyclic) bond motifs is 2. The first-order valence-corrected chi connectivity index (χ1v) is 8.30. The maximum absolute atomic E-state index is 12.7. The maximum Gasteiger partial charge on any atom is 0.278 e. The molecule has 2 heterocycles. The van der Waals surface area contributed by atoms with Crippen LogP contribution in [0.3, 0.4) is 0 Å². The lowest BCUT2D eigenvalue weighted by Crippen LogP contribution is -2.27. The van der Waals surface area contributed by atoms with Crippen LogP contribution in [0, 0.1) is 6.92 Å². The number of benzene rings is 2. The fourth-order valence-electron chi connectivity index (χ4n) is 2.78. The van der Waals surface area contributed by atoms with Gasteiger partial charge >= 0.3 is 0 Å². The van der Waals surface area contributed by atoms with Crippen LogP contribution < -0.4 is 5.56 Å². The summed E-state index contributed by atoms with van der Waals surface area (Å²) in [4.78, 5) is 25.8. The van der Waals surface area contributed by atoms with Gasteiger partial charge in [0, 0.05) is 4.70 Å². The number of thiophene rings is 1. The van der Waals surface area contributed by atoms with E-state index < -0.39 is 0 Å². The Morgan fingerprint density at radius 2 is 1.79 bits per heavy atom. The Kier molecular flexibility index (Phi) is 3.46. The molecule has 6 heteroatoms. The average molecular weight is 335 g/mol. The van der Waals surface area contributed by atoms with Gasteiger partial charge in [0.1, 0.15) is 12.1 Å². The third kappa shape index (κ3) is 2.32. The Hall–Kier alpha value is -2.86. The van der Waals surface area contributed by atoms with Crippen LogP contribution in [0.5, 0.6) is 0 Å². The number of aryl methyl sites for hydroxylation is 1. The van der Waals surface area contributed by atoms with Crippen LogP contribution in [0.25, 0.3) is 21.0 Å². The van der Waals surface area contributed by atoms with Gasteiger partial charge in [0.05, 0.1) is 10.3 Å². The second kappa shape index (κ2) is 5.65. The Morgan fingerprint density at radius 3 is 2.58 bits per heavy atom. The summed E-state index contributed by atoms with van der Waals surface area (Å²) in [6, 6.07) is 14.9. The third-order valence-electron chi connectivity index (χ3n) is 4.02. The Balaban J connectivity index is 1.75. The molecule has 118 valence electrons. The fraction of sp³-hybridized carbons (Fsp3) is 0.111. The predicted molar refractivity (Wildman–Crippen MR) is 94.7 cm³/mol. The van der Waals surface area contributed by atoms with E-state index in [4.69, 9.17) is 0 Å². The number of hydrogen-bond donors (Lipinski definition) is 0. The number of rotatable bonds is 3. The van der Waals surface area contributed by atoms with E-state index in [1.165, 1.54) is 11.3 Å². The minimum Gasteiger partial charge on any atom is -0.291 e. The zero-order chi connectivity index (χ0) is 16.7. The highest BCUT2D eigenvalue weighted by Crippen LogP contribution is 2.30. The van der Waals surface area contributed by atoms with E-state index in [0.29, 0.717) is 15.8 Å². The molecule has 0 aliphatic heterocycles. The Labute approximate surface area is 141 Å². The van der Waals surface area contributed by atoms with Crippen molar-refractivity contribution in [2.24, 2.45) is 0 Å². The normalized spacial score (nSPS) is 11.2. The third-order valence-corrected chi connectivity index (χ3v) is 5.33. The number of nitrogens with zero attached hydrogens (tertiary/aromatic N) is 3. The lowest BCUT2D eigenvalue weighted by Gasteiger charge is -2.04. The van der Waals surface area contributed by atoms with Crippen LogP contribution in [-0.4, -0.2) is 20.8 Å². The van der Waals surface area contributed by atoms with Gasteiger partial charge in [0.15, 0.2) is 5.78 Å². The molecule has 0 unspecified atom stereocenters. The molecule has 0 aliphatic carbocycles. The lowest BCUT2D eigenvalue weighted by molar-refractivity contribution is 0.0968. The first-order valence-electron chi connectivity index (χ1n) is 7.49. The summed E-state index contributed by atoms with van der Waals surface area (Å²) >= 11 is 1.45. The SMILES string of the molecule is Cc1c(C(=O)Cn2nnc3ccccc3c2=O)sc2ccccc12. The van der Waals surface area contributed by atoms with Crippen molar-refractivity contribution < 1.29 is 4.79 Å². The molecule has 4 aromatic rings. The molecular formula is C18H13N3O2S. The Morgan fingerprint density at radius 1 is 1.08 bits per heavy atom. The predicted octanol–water partition coefficient (Wildman–Crippen LogP) is 3.20. The largest absolute Gasteiger partial charge is 0.291 e. The van der Waals surface area contributed by atoms with Gasteiger partial charge in [0.25, 0.3) is 5.56 Å². The molecule has 0 spiro atoms. The molecule has 0 N–H and O–H groups in total. The number of aromatic nitrogens is 3. The van der Waals surface area contributed by atoms with Gasteiger partial charge in [-0.05, 0) is 36.1 Å². The van der Waals surface area contributed by atoms with E-state index in [1.807, 2.05) is 31.2 Å². The van der Waals surface area contributed by atoms with E-state index in [1.54, 1.807) is 24.3 Å². The molecule has 0 amide bonds. The van der Waals surface area contributed by atoms with Gasteiger partial charge < -0.3 is 0 Å². The molecule has 0 radical (unpaired) electrons. The highest BCUT2D eigenvalue weighted by atomic mass is 32.1. The first-order chi connectivity index (χ1) is 11.6. The summed E-state index contributed by atoms with van der Waals surface area (Å²) in [5.74, 6) is -0.125. The molecule has 4 rings (SSSR count). The molecule has 0 saturated heterocycles. The van der Waals surface area contributed by atoms with Gasteiger partial charge in [-0.2, -0.15) is 0 Å². The molecule has 2 aromatic heterocycles. The summed E-state index contributed by atoms with van der Waals surface area (Å²) < 4.78 is 2.20. The number of ketones is 1. The zero-order valence-corrected chi connectivity index (χ0v) is 13.7. The molecule has 0 bridgehead atoms. The zero-order valence-electron chi connectivity index (χ0n) is 12.9. The summed E-state index contributed by atoms with van der Waals surface area (Å²) in [6.45, 7) is 1.82. The van der Waals surface area contributed by atoms with Crippen molar-refractivity contribution in [2.75, 3.05) is 0 Å². The van der Waals surface area contributed by atoms with Crippen molar-refractivity contribution >= 4 is 38.1 Å². The monoisotopic (exact) mass is 335 g/mol. The maximum atomic E-state index is 12.7. The van der Waals surface area contributed by atoms with Gasteiger partial charge in [-0.15, -0.1) is 16.4 Å². The van der Waals surface area contributed by atoms with Crippen LogP contribution in [0.1, 0.15) is 15.2 Å². The number of carbonyl (C=O) groups excluding carboxylic acids is 1. The van der Waals surface area contributed by atoms with Gasteiger partial charge in [-0.3, -0.25) is 9.59 Å². The first kappa shape index (κ1) is 14.7. The summed E-state index contributed by atoms with van der Waals surface area (Å²) in [6.07, 6.45) is 0. The van der Waals surface area contributed by atoms with Crippen LogP contribution in [0.15, 0.2) is 53.3 Å². The van der Waals surface area contributed by atoms with E-state index in [2.05, 4.69) is 10.3 Å². The summed E-state index contributed by atoms with van der Waals surface area (Å²) in [5.41, 5.74) is 1.18. The van der Waals surface area contributed by atoms with Crippen molar-refractivity contribution in [1.29, 1.82) is 0 Å². The standard InChI is InChI=1S/C18H13N3O2S/c1-11-12-6-3-5-9-16(12)24-17(11)15(22)10-21-18(23)13-7-2-4-8-14(13)19-20-21/h2-9H,10H2,1H3. The van der Waals surface area contributed by atoms with Crippen LogP contribution in [-0.2, 0) is 6.54 Å². The quantitative estimate of drug-likeness (QED) is 0.539. The minimum atomic E-state index is -0.298.